The molecule has 0 unspecified atom stereocenters. The molecule has 2 aromatic rings. The van der Waals surface area contributed by atoms with Gasteiger partial charge in [-0.25, -0.2) is 0 Å². The second kappa shape index (κ2) is 6.21. The van der Waals surface area contributed by atoms with Crippen LogP contribution in [0, 0.1) is 6.92 Å². The molecular formula is C16H17NO3. The molecule has 20 heavy (non-hydrogen) atoms. The maximum atomic E-state index is 10.7. The van der Waals surface area contributed by atoms with Gasteiger partial charge in [0.05, 0.1) is 0 Å². The lowest BCUT2D eigenvalue weighted by Crippen LogP contribution is -2.32. The topological polar surface area (TPSA) is 72.5 Å². The molecule has 0 radical (unpaired) electrons. The normalized spacial score (nSPS) is 11.9. The van der Waals surface area contributed by atoms with E-state index in [1.54, 1.807) is 0 Å². The SMILES string of the molecule is Cc1ccccc1Oc1ccc(C[C@H](N)C(=O)O)cc1. The van der Waals surface area contributed by atoms with Crippen LogP contribution in [0.2, 0.25) is 0 Å². The molecule has 0 saturated carbocycles. The molecule has 0 saturated heterocycles. The van der Waals surface area contributed by atoms with E-state index in [2.05, 4.69) is 0 Å². The number of para-hydroxylation sites is 1. The predicted octanol–water partition coefficient (Wildman–Crippen LogP) is 2.74. The molecule has 4 heteroatoms. The number of aliphatic carboxylic acids is 1. The predicted molar refractivity (Wildman–Crippen MR) is 77.0 cm³/mol. The third-order valence-electron chi connectivity index (χ3n) is 3.02. The molecule has 0 heterocycles. The minimum Gasteiger partial charge on any atom is -0.480 e. The zero-order chi connectivity index (χ0) is 14.5. The number of rotatable bonds is 5. The first-order valence-electron chi connectivity index (χ1n) is 6.37. The number of hydrogen-bond acceptors (Lipinski definition) is 3. The summed E-state index contributed by atoms with van der Waals surface area (Å²) >= 11 is 0. The van der Waals surface area contributed by atoms with Crippen LogP contribution in [-0.4, -0.2) is 17.1 Å². The smallest absolute Gasteiger partial charge is 0.320 e. The van der Waals surface area contributed by atoms with Crippen molar-refractivity contribution in [2.75, 3.05) is 0 Å². The summed E-state index contributed by atoms with van der Waals surface area (Å²) in [6.45, 7) is 1.98. The fourth-order valence-corrected chi connectivity index (χ4v) is 1.83. The van der Waals surface area contributed by atoms with E-state index in [9.17, 15) is 4.79 Å². The fourth-order valence-electron chi connectivity index (χ4n) is 1.83. The highest BCUT2D eigenvalue weighted by Crippen LogP contribution is 2.24. The molecule has 0 aliphatic carbocycles. The van der Waals surface area contributed by atoms with Gasteiger partial charge in [-0.15, -0.1) is 0 Å². The van der Waals surface area contributed by atoms with Crippen molar-refractivity contribution in [3.05, 3.63) is 59.7 Å². The number of carbonyl (C=O) groups is 1. The highest BCUT2D eigenvalue weighted by atomic mass is 16.5. The zero-order valence-corrected chi connectivity index (χ0v) is 11.2. The van der Waals surface area contributed by atoms with Gasteiger partial charge >= 0.3 is 5.97 Å². The van der Waals surface area contributed by atoms with Crippen molar-refractivity contribution in [3.63, 3.8) is 0 Å². The van der Waals surface area contributed by atoms with Gasteiger partial charge in [-0.1, -0.05) is 30.3 Å². The van der Waals surface area contributed by atoms with E-state index < -0.39 is 12.0 Å². The van der Waals surface area contributed by atoms with Crippen molar-refractivity contribution in [2.45, 2.75) is 19.4 Å². The molecule has 4 nitrogen and oxygen atoms in total. The number of nitrogens with two attached hydrogens (primary N) is 1. The summed E-state index contributed by atoms with van der Waals surface area (Å²) in [7, 11) is 0. The third kappa shape index (κ3) is 3.59. The largest absolute Gasteiger partial charge is 0.480 e. The Morgan fingerprint density at radius 3 is 2.45 bits per heavy atom. The Morgan fingerprint density at radius 1 is 1.20 bits per heavy atom. The molecule has 2 rings (SSSR count). The van der Waals surface area contributed by atoms with Gasteiger partial charge in [-0.05, 0) is 42.7 Å². The molecule has 1 atom stereocenters. The molecule has 0 spiro atoms. The summed E-state index contributed by atoms with van der Waals surface area (Å²) in [5.41, 5.74) is 7.43. The quantitative estimate of drug-likeness (QED) is 0.877. The van der Waals surface area contributed by atoms with Crippen LogP contribution in [0.1, 0.15) is 11.1 Å². The van der Waals surface area contributed by atoms with Gasteiger partial charge in [0.25, 0.3) is 0 Å². The average molecular weight is 271 g/mol. The number of benzene rings is 2. The lowest BCUT2D eigenvalue weighted by atomic mass is 10.1. The zero-order valence-electron chi connectivity index (χ0n) is 11.2. The molecule has 0 amide bonds. The van der Waals surface area contributed by atoms with E-state index in [1.165, 1.54) is 0 Å². The van der Waals surface area contributed by atoms with Crippen molar-refractivity contribution in [1.82, 2.24) is 0 Å². The summed E-state index contributed by atoms with van der Waals surface area (Å²) in [6, 6.07) is 14.2. The molecule has 0 aromatic heterocycles. The van der Waals surface area contributed by atoms with Gasteiger partial charge < -0.3 is 15.6 Å². The van der Waals surface area contributed by atoms with Crippen LogP contribution in [0.3, 0.4) is 0 Å². The maximum absolute atomic E-state index is 10.7. The van der Waals surface area contributed by atoms with Crippen LogP contribution < -0.4 is 10.5 Å². The Balaban J connectivity index is 2.05. The number of hydrogen-bond donors (Lipinski definition) is 2. The number of ether oxygens (including phenoxy) is 1. The second-order valence-corrected chi connectivity index (χ2v) is 4.66. The van der Waals surface area contributed by atoms with Crippen molar-refractivity contribution < 1.29 is 14.6 Å². The molecule has 104 valence electrons. The number of carboxylic acids is 1. The highest BCUT2D eigenvalue weighted by molar-refractivity contribution is 5.73. The van der Waals surface area contributed by atoms with Crippen LogP contribution in [0.15, 0.2) is 48.5 Å². The number of carboxylic acid groups (broad SMARTS) is 1. The van der Waals surface area contributed by atoms with Crippen molar-refractivity contribution >= 4 is 5.97 Å². The summed E-state index contributed by atoms with van der Waals surface area (Å²) < 4.78 is 5.77. The van der Waals surface area contributed by atoms with Crippen LogP contribution in [-0.2, 0) is 11.2 Å². The Labute approximate surface area is 117 Å². The lowest BCUT2D eigenvalue weighted by Gasteiger charge is -2.10. The average Bonchev–Trinajstić information content (AvgIpc) is 2.43. The first-order valence-corrected chi connectivity index (χ1v) is 6.37. The van der Waals surface area contributed by atoms with Crippen LogP contribution in [0.25, 0.3) is 0 Å². The Hall–Kier alpha value is -2.33. The van der Waals surface area contributed by atoms with E-state index in [1.807, 2.05) is 55.5 Å². The van der Waals surface area contributed by atoms with Gasteiger partial charge in [0.1, 0.15) is 17.5 Å². The maximum Gasteiger partial charge on any atom is 0.320 e. The minimum absolute atomic E-state index is 0.306. The van der Waals surface area contributed by atoms with E-state index in [-0.39, 0.29) is 0 Å². The van der Waals surface area contributed by atoms with E-state index in [0.717, 1.165) is 16.9 Å². The third-order valence-corrected chi connectivity index (χ3v) is 3.02. The first kappa shape index (κ1) is 14.1. The van der Waals surface area contributed by atoms with Crippen LogP contribution in [0.5, 0.6) is 11.5 Å². The summed E-state index contributed by atoms with van der Waals surface area (Å²) in [5, 5.41) is 8.77. The van der Waals surface area contributed by atoms with Gasteiger partial charge in [0, 0.05) is 0 Å². The molecule has 0 fully saturated rings. The van der Waals surface area contributed by atoms with Crippen molar-refractivity contribution in [1.29, 1.82) is 0 Å². The van der Waals surface area contributed by atoms with E-state index >= 15 is 0 Å². The van der Waals surface area contributed by atoms with Gasteiger partial charge in [-0.3, -0.25) is 4.79 Å². The van der Waals surface area contributed by atoms with Crippen LogP contribution >= 0.6 is 0 Å². The Bertz CT molecular complexity index is 593. The molecule has 0 aliphatic rings. The monoisotopic (exact) mass is 271 g/mol. The highest BCUT2D eigenvalue weighted by Gasteiger charge is 2.11. The molecular weight excluding hydrogens is 254 g/mol. The van der Waals surface area contributed by atoms with Crippen molar-refractivity contribution in [3.8, 4) is 11.5 Å². The fraction of sp³-hybridized carbons (Fsp3) is 0.188. The molecule has 2 aromatic carbocycles. The summed E-state index contributed by atoms with van der Waals surface area (Å²) in [4.78, 5) is 10.7. The van der Waals surface area contributed by atoms with E-state index in [0.29, 0.717) is 12.2 Å². The standard InChI is InChI=1S/C16H17NO3/c1-11-4-2-3-5-15(11)20-13-8-6-12(7-9-13)10-14(17)16(18)19/h2-9,14H,10,17H2,1H3,(H,18,19)/t14-/m0/s1. The molecule has 0 bridgehead atoms. The second-order valence-electron chi connectivity index (χ2n) is 4.66. The van der Waals surface area contributed by atoms with Gasteiger partial charge in [-0.2, -0.15) is 0 Å². The van der Waals surface area contributed by atoms with E-state index in [4.69, 9.17) is 15.6 Å². The lowest BCUT2D eigenvalue weighted by molar-refractivity contribution is -0.138. The summed E-state index contributed by atoms with van der Waals surface area (Å²) in [6.07, 6.45) is 0.306. The Morgan fingerprint density at radius 2 is 1.85 bits per heavy atom. The van der Waals surface area contributed by atoms with Crippen molar-refractivity contribution in [2.24, 2.45) is 5.73 Å². The minimum atomic E-state index is -0.995. The summed E-state index contributed by atoms with van der Waals surface area (Å²) in [5.74, 6) is 0.527. The molecule has 3 N–H and O–H groups in total. The van der Waals surface area contributed by atoms with Gasteiger partial charge in [0.2, 0.25) is 0 Å². The van der Waals surface area contributed by atoms with Gasteiger partial charge in [0.15, 0.2) is 0 Å². The van der Waals surface area contributed by atoms with Crippen LogP contribution in [0.4, 0.5) is 0 Å². The first-order chi connectivity index (χ1) is 9.56. The number of aryl methyl sites for hydroxylation is 1. The molecule has 0 aliphatic heterocycles. The Kier molecular flexibility index (Phi) is 4.38.